The number of nitrogens with one attached hydrogen (secondary N) is 2. The van der Waals surface area contributed by atoms with E-state index in [1.165, 1.54) is 42.5 Å². The predicted molar refractivity (Wildman–Crippen MR) is 100 cm³/mol. The van der Waals surface area contributed by atoms with Crippen LogP contribution in [0, 0.1) is 0 Å². The van der Waals surface area contributed by atoms with Crippen LogP contribution in [0.1, 0.15) is 12.8 Å². The molecule has 9 heteroatoms. The first-order valence-corrected chi connectivity index (χ1v) is 10.1. The van der Waals surface area contributed by atoms with Crippen molar-refractivity contribution < 1.29 is 17.9 Å². The molecule has 6 nitrogen and oxygen atoms in total. The van der Waals surface area contributed by atoms with Crippen LogP contribution in [-0.4, -0.2) is 27.0 Å². The Hall–Kier alpha value is -1.96. The van der Waals surface area contributed by atoms with E-state index < -0.39 is 10.0 Å². The maximum absolute atomic E-state index is 12.4. The lowest BCUT2D eigenvalue weighted by atomic mass is 10.3. The molecule has 26 heavy (non-hydrogen) atoms. The number of carbonyl (C=O) groups is 1. The molecule has 0 saturated heterocycles. The van der Waals surface area contributed by atoms with E-state index in [1.807, 2.05) is 0 Å². The van der Waals surface area contributed by atoms with Gasteiger partial charge in [-0.1, -0.05) is 23.2 Å². The van der Waals surface area contributed by atoms with Crippen LogP contribution in [0.4, 0.5) is 5.69 Å². The Morgan fingerprint density at radius 3 is 2.38 bits per heavy atom. The second-order valence-electron chi connectivity index (χ2n) is 5.84. The van der Waals surface area contributed by atoms with Crippen molar-refractivity contribution in [2.75, 3.05) is 11.3 Å². The molecule has 0 bridgehead atoms. The molecule has 3 rings (SSSR count). The maximum atomic E-state index is 12.4. The predicted octanol–water partition coefficient (Wildman–Crippen LogP) is 3.45. The number of carbonyl (C=O) groups excluding carboxylic acids is 1. The summed E-state index contributed by atoms with van der Waals surface area (Å²) in [6.07, 6.45) is 2.01. The van der Waals surface area contributed by atoms with Gasteiger partial charge in [0.1, 0.15) is 5.75 Å². The third kappa shape index (κ3) is 5.03. The lowest BCUT2D eigenvalue weighted by molar-refractivity contribution is -0.123. The Kier molecular flexibility index (Phi) is 5.60. The molecule has 138 valence electrons. The van der Waals surface area contributed by atoms with Crippen molar-refractivity contribution in [1.82, 2.24) is 5.32 Å². The summed E-state index contributed by atoms with van der Waals surface area (Å²) in [5.74, 6) is 0.218. The lowest BCUT2D eigenvalue weighted by Gasteiger charge is -2.10. The number of ether oxygens (including phenoxy) is 1. The standard InChI is InChI=1S/C17H16Cl2N2O4S/c18-15-8-3-12(9-16(15)19)21-26(23,24)14-6-4-13(5-7-14)25-10-17(22)20-11-1-2-11/h3-9,11,21H,1-2,10H2,(H,20,22). The van der Waals surface area contributed by atoms with Crippen molar-refractivity contribution in [3.05, 3.63) is 52.5 Å². The average molecular weight is 415 g/mol. The third-order valence-corrected chi connectivity index (χ3v) is 5.75. The molecule has 2 N–H and O–H groups in total. The van der Waals surface area contributed by atoms with E-state index in [9.17, 15) is 13.2 Å². The van der Waals surface area contributed by atoms with Crippen molar-refractivity contribution in [1.29, 1.82) is 0 Å². The van der Waals surface area contributed by atoms with Gasteiger partial charge in [0, 0.05) is 6.04 Å². The van der Waals surface area contributed by atoms with Gasteiger partial charge in [-0.05, 0) is 55.3 Å². The van der Waals surface area contributed by atoms with Gasteiger partial charge >= 0.3 is 0 Å². The summed E-state index contributed by atoms with van der Waals surface area (Å²) in [6, 6.07) is 10.5. The van der Waals surface area contributed by atoms with Gasteiger partial charge in [-0.2, -0.15) is 0 Å². The molecule has 1 saturated carbocycles. The van der Waals surface area contributed by atoms with Crippen molar-refractivity contribution >= 4 is 44.8 Å². The highest BCUT2D eigenvalue weighted by molar-refractivity contribution is 7.92. The molecule has 2 aromatic carbocycles. The van der Waals surface area contributed by atoms with Gasteiger partial charge in [-0.3, -0.25) is 9.52 Å². The van der Waals surface area contributed by atoms with Crippen LogP contribution >= 0.6 is 23.2 Å². The zero-order chi connectivity index (χ0) is 18.7. The first-order valence-electron chi connectivity index (χ1n) is 7.83. The van der Waals surface area contributed by atoms with Crippen molar-refractivity contribution in [3.63, 3.8) is 0 Å². The Morgan fingerprint density at radius 2 is 1.77 bits per heavy atom. The Bertz CT molecular complexity index is 913. The summed E-state index contributed by atoms with van der Waals surface area (Å²) >= 11 is 11.7. The molecular formula is C17H16Cl2N2O4S. The molecule has 1 amide bonds. The van der Waals surface area contributed by atoms with E-state index in [2.05, 4.69) is 10.0 Å². The minimum atomic E-state index is -3.79. The highest BCUT2D eigenvalue weighted by Gasteiger charge is 2.23. The fourth-order valence-electron chi connectivity index (χ4n) is 2.13. The van der Waals surface area contributed by atoms with Crippen LogP contribution in [0.5, 0.6) is 5.75 Å². The van der Waals surface area contributed by atoms with Gasteiger partial charge in [0.05, 0.1) is 20.6 Å². The molecule has 0 atom stereocenters. The second-order valence-corrected chi connectivity index (χ2v) is 8.33. The lowest BCUT2D eigenvalue weighted by Crippen LogP contribution is -2.30. The van der Waals surface area contributed by atoms with Gasteiger partial charge < -0.3 is 10.1 Å². The topological polar surface area (TPSA) is 84.5 Å². The highest BCUT2D eigenvalue weighted by Crippen LogP contribution is 2.27. The monoisotopic (exact) mass is 414 g/mol. The van der Waals surface area contributed by atoms with E-state index >= 15 is 0 Å². The zero-order valence-corrected chi connectivity index (χ0v) is 15.9. The summed E-state index contributed by atoms with van der Waals surface area (Å²) < 4.78 is 32.6. The molecule has 0 radical (unpaired) electrons. The normalized spacial score (nSPS) is 13.9. The van der Waals surface area contributed by atoms with Crippen molar-refractivity contribution in [3.8, 4) is 5.75 Å². The number of hydrogen-bond acceptors (Lipinski definition) is 4. The summed E-state index contributed by atoms with van der Waals surface area (Å²) in [7, 11) is -3.79. The highest BCUT2D eigenvalue weighted by atomic mass is 35.5. The van der Waals surface area contributed by atoms with Crippen molar-refractivity contribution in [2.45, 2.75) is 23.8 Å². The largest absolute Gasteiger partial charge is 0.484 e. The molecule has 2 aromatic rings. The van der Waals surface area contributed by atoms with Crippen LogP contribution in [0.15, 0.2) is 47.4 Å². The van der Waals surface area contributed by atoms with E-state index in [-0.39, 0.29) is 28.5 Å². The van der Waals surface area contributed by atoms with Gasteiger partial charge in [0.2, 0.25) is 0 Å². The number of sulfonamides is 1. The summed E-state index contributed by atoms with van der Waals surface area (Å²) in [4.78, 5) is 11.6. The van der Waals surface area contributed by atoms with E-state index in [4.69, 9.17) is 27.9 Å². The Labute approximate surface area is 161 Å². The number of anilines is 1. The smallest absolute Gasteiger partial charge is 0.261 e. The van der Waals surface area contributed by atoms with Crippen LogP contribution in [0.2, 0.25) is 10.0 Å². The number of benzene rings is 2. The molecular weight excluding hydrogens is 399 g/mol. The van der Waals surface area contributed by atoms with Gasteiger partial charge in [-0.15, -0.1) is 0 Å². The molecule has 0 spiro atoms. The van der Waals surface area contributed by atoms with Gasteiger partial charge in [0.25, 0.3) is 15.9 Å². The first kappa shape index (κ1) is 18.8. The Morgan fingerprint density at radius 1 is 1.08 bits per heavy atom. The Balaban J connectivity index is 1.62. The molecule has 0 aliphatic heterocycles. The molecule has 1 fully saturated rings. The number of hydrogen-bond donors (Lipinski definition) is 2. The maximum Gasteiger partial charge on any atom is 0.261 e. The molecule has 1 aliphatic rings. The third-order valence-electron chi connectivity index (χ3n) is 3.62. The number of amides is 1. The minimum Gasteiger partial charge on any atom is -0.484 e. The van der Waals surface area contributed by atoms with Crippen LogP contribution in [0.25, 0.3) is 0 Å². The summed E-state index contributed by atoms with van der Waals surface area (Å²) in [5, 5.41) is 3.39. The molecule has 0 heterocycles. The SMILES string of the molecule is O=C(COc1ccc(S(=O)(=O)Nc2ccc(Cl)c(Cl)c2)cc1)NC1CC1. The quantitative estimate of drug-likeness (QED) is 0.726. The number of rotatable bonds is 7. The zero-order valence-electron chi connectivity index (χ0n) is 13.5. The minimum absolute atomic E-state index is 0.0540. The fourth-order valence-corrected chi connectivity index (χ4v) is 3.48. The van der Waals surface area contributed by atoms with Crippen LogP contribution in [0.3, 0.4) is 0 Å². The second kappa shape index (κ2) is 7.73. The molecule has 0 aromatic heterocycles. The van der Waals surface area contributed by atoms with Gasteiger partial charge in [0.15, 0.2) is 6.61 Å². The van der Waals surface area contributed by atoms with Crippen LogP contribution < -0.4 is 14.8 Å². The van der Waals surface area contributed by atoms with Crippen LogP contribution in [-0.2, 0) is 14.8 Å². The van der Waals surface area contributed by atoms with Gasteiger partial charge in [-0.25, -0.2) is 8.42 Å². The van der Waals surface area contributed by atoms with E-state index in [0.29, 0.717) is 16.5 Å². The molecule has 1 aliphatic carbocycles. The molecule has 0 unspecified atom stereocenters. The summed E-state index contributed by atoms with van der Waals surface area (Å²) in [6.45, 7) is -0.107. The van der Waals surface area contributed by atoms with Crippen molar-refractivity contribution in [2.24, 2.45) is 0 Å². The summed E-state index contributed by atoms with van der Waals surface area (Å²) in [5.41, 5.74) is 0.302. The van der Waals surface area contributed by atoms with E-state index in [0.717, 1.165) is 12.8 Å². The average Bonchev–Trinajstić information content (AvgIpc) is 3.40. The fraction of sp³-hybridized carbons (Fsp3) is 0.235. The van der Waals surface area contributed by atoms with E-state index in [1.54, 1.807) is 0 Å². The first-order chi connectivity index (χ1) is 12.3. The number of halogens is 2.